The minimum absolute atomic E-state index is 0.607. The van der Waals surface area contributed by atoms with E-state index in [-0.39, 0.29) is 0 Å². The molecule has 0 saturated heterocycles. The van der Waals surface area contributed by atoms with Crippen molar-refractivity contribution in [2.24, 2.45) is 0 Å². The van der Waals surface area contributed by atoms with Gasteiger partial charge in [-0.25, -0.2) is 0 Å². The molecule has 1 aromatic heterocycles. The molecule has 4 heteroatoms. The molecule has 0 radical (unpaired) electrons. The quantitative estimate of drug-likeness (QED) is 0.892. The molecule has 2 rings (SSSR count). The number of thiophene rings is 1. The lowest BCUT2D eigenvalue weighted by atomic mass is 10.3. The summed E-state index contributed by atoms with van der Waals surface area (Å²) in [7, 11) is 1.95. The fourth-order valence-corrected chi connectivity index (χ4v) is 2.52. The Hall–Kier alpha value is -1.03. The summed E-state index contributed by atoms with van der Waals surface area (Å²) in [4.78, 5) is 2.55. The van der Waals surface area contributed by atoms with E-state index in [1.54, 1.807) is 11.3 Å². The first-order chi connectivity index (χ1) is 8.28. The summed E-state index contributed by atoms with van der Waals surface area (Å²) in [5.74, 6) is 0.845. The largest absolute Gasteiger partial charge is 0.488 e. The average Bonchev–Trinajstić information content (AvgIpc) is 2.77. The zero-order chi connectivity index (χ0) is 12.1. The fourth-order valence-electron chi connectivity index (χ4n) is 1.45. The van der Waals surface area contributed by atoms with Crippen molar-refractivity contribution in [1.29, 1.82) is 0 Å². The monoisotopic (exact) mass is 267 g/mol. The molecule has 1 aromatic carbocycles. The van der Waals surface area contributed by atoms with Crippen LogP contribution in [0.5, 0.6) is 5.75 Å². The standard InChI is InChI=1S/C13H14ClNOS/c1-15-8-12-6-7-13(17-12)9-16-11-4-2-10(14)3-5-11/h2-7,15H,8-9H2,1H3. The number of hydrogen-bond acceptors (Lipinski definition) is 3. The van der Waals surface area contributed by atoms with Gasteiger partial charge < -0.3 is 10.1 Å². The molecule has 1 heterocycles. The number of nitrogens with one attached hydrogen (secondary N) is 1. The van der Waals surface area contributed by atoms with E-state index in [4.69, 9.17) is 16.3 Å². The molecule has 0 atom stereocenters. The Morgan fingerprint density at radius 1 is 1.12 bits per heavy atom. The molecule has 0 spiro atoms. The predicted octanol–water partition coefficient (Wildman–Crippen LogP) is 3.70. The first kappa shape index (κ1) is 12.4. The van der Waals surface area contributed by atoms with Crippen molar-refractivity contribution in [2.45, 2.75) is 13.2 Å². The molecule has 0 fully saturated rings. The first-order valence-corrected chi connectivity index (χ1v) is 6.58. The minimum atomic E-state index is 0.607. The number of benzene rings is 1. The van der Waals surface area contributed by atoms with E-state index >= 15 is 0 Å². The van der Waals surface area contributed by atoms with E-state index in [2.05, 4.69) is 17.4 Å². The number of hydrogen-bond donors (Lipinski definition) is 1. The van der Waals surface area contributed by atoms with Crippen LogP contribution in [0.4, 0.5) is 0 Å². The maximum absolute atomic E-state index is 5.81. The van der Waals surface area contributed by atoms with Crippen LogP contribution in [0.2, 0.25) is 5.02 Å². The van der Waals surface area contributed by atoms with Gasteiger partial charge in [0.15, 0.2) is 0 Å². The third-order valence-electron chi connectivity index (χ3n) is 2.26. The van der Waals surface area contributed by atoms with Crippen LogP contribution in [-0.4, -0.2) is 7.05 Å². The van der Waals surface area contributed by atoms with Gasteiger partial charge in [-0.1, -0.05) is 11.6 Å². The van der Waals surface area contributed by atoms with Gasteiger partial charge in [0.25, 0.3) is 0 Å². The lowest BCUT2D eigenvalue weighted by Crippen LogP contribution is -2.02. The maximum atomic E-state index is 5.81. The molecule has 0 unspecified atom stereocenters. The van der Waals surface area contributed by atoms with Crippen LogP contribution in [0, 0.1) is 0 Å². The lowest BCUT2D eigenvalue weighted by Gasteiger charge is -2.04. The normalized spacial score (nSPS) is 10.5. The van der Waals surface area contributed by atoms with Crippen LogP contribution in [0.1, 0.15) is 9.75 Å². The van der Waals surface area contributed by atoms with Gasteiger partial charge in [-0.3, -0.25) is 0 Å². The third kappa shape index (κ3) is 3.73. The van der Waals surface area contributed by atoms with Crippen molar-refractivity contribution in [3.8, 4) is 5.75 Å². The van der Waals surface area contributed by atoms with Gasteiger partial charge >= 0.3 is 0 Å². The second-order valence-corrected chi connectivity index (χ2v) is 5.33. The zero-order valence-corrected chi connectivity index (χ0v) is 11.1. The van der Waals surface area contributed by atoms with Gasteiger partial charge in [0.1, 0.15) is 12.4 Å². The Labute approximate surface area is 110 Å². The molecule has 17 heavy (non-hydrogen) atoms. The molecule has 0 bridgehead atoms. The van der Waals surface area contributed by atoms with Crippen molar-refractivity contribution >= 4 is 22.9 Å². The molecule has 2 aromatic rings. The summed E-state index contributed by atoms with van der Waals surface area (Å²) < 4.78 is 5.67. The van der Waals surface area contributed by atoms with Crippen molar-refractivity contribution in [3.05, 3.63) is 51.2 Å². The molecule has 0 aliphatic heterocycles. The summed E-state index contributed by atoms with van der Waals surface area (Å²) in [6, 6.07) is 11.7. The Balaban J connectivity index is 1.90. The van der Waals surface area contributed by atoms with Crippen molar-refractivity contribution < 1.29 is 4.74 Å². The van der Waals surface area contributed by atoms with E-state index in [0.29, 0.717) is 6.61 Å². The van der Waals surface area contributed by atoms with Crippen LogP contribution in [0.3, 0.4) is 0 Å². The smallest absolute Gasteiger partial charge is 0.122 e. The van der Waals surface area contributed by atoms with Gasteiger partial charge in [-0.15, -0.1) is 11.3 Å². The highest BCUT2D eigenvalue weighted by Gasteiger charge is 2.00. The summed E-state index contributed by atoms with van der Waals surface area (Å²) in [6.45, 7) is 1.52. The van der Waals surface area contributed by atoms with E-state index < -0.39 is 0 Å². The highest BCUT2D eigenvalue weighted by atomic mass is 35.5. The van der Waals surface area contributed by atoms with Crippen LogP contribution in [-0.2, 0) is 13.2 Å². The van der Waals surface area contributed by atoms with Crippen molar-refractivity contribution in [2.75, 3.05) is 7.05 Å². The second-order valence-electron chi connectivity index (χ2n) is 3.64. The average molecular weight is 268 g/mol. The Morgan fingerprint density at radius 2 is 1.82 bits per heavy atom. The molecule has 0 saturated carbocycles. The van der Waals surface area contributed by atoms with Gasteiger partial charge in [0.2, 0.25) is 0 Å². The Bertz CT molecular complexity index is 467. The molecule has 0 aliphatic carbocycles. The first-order valence-electron chi connectivity index (χ1n) is 5.38. The maximum Gasteiger partial charge on any atom is 0.122 e. The molecular weight excluding hydrogens is 254 g/mol. The molecule has 90 valence electrons. The second kappa shape index (κ2) is 6.05. The lowest BCUT2D eigenvalue weighted by molar-refractivity contribution is 0.310. The Morgan fingerprint density at radius 3 is 2.53 bits per heavy atom. The van der Waals surface area contributed by atoms with E-state index in [1.807, 2.05) is 31.3 Å². The van der Waals surface area contributed by atoms with Gasteiger partial charge in [-0.05, 0) is 43.4 Å². The predicted molar refractivity (Wildman–Crippen MR) is 72.9 cm³/mol. The van der Waals surface area contributed by atoms with Gasteiger partial charge in [-0.2, -0.15) is 0 Å². The molecule has 2 nitrogen and oxygen atoms in total. The van der Waals surface area contributed by atoms with Crippen LogP contribution >= 0.6 is 22.9 Å². The van der Waals surface area contributed by atoms with E-state index in [0.717, 1.165) is 17.3 Å². The summed E-state index contributed by atoms with van der Waals surface area (Å²) in [5, 5.41) is 3.86. The minimum Gasteiger partial charge on any atom is -0.488 e. The molecule has 0 aliphatic rings. The van der Waals surface area contributed by atoms with Gasteiger partial charge in [0, 0.05) is 21.3 Å². The number of ether oxygens (including phenoxy) is 1. The topological polar surface area (TPSA) is 21.3 Å². The van der Waals surface area contributed by atoms with Crippen LogP contribution in [0.15, 0.2) is 36.4 Å². The number of halogens is 1. The molecule has 1 N–H and O–H groups in total. The number of rotatable bonds is 5. The molecular formula is C13H14ClNOS. The summed E-state index contributed by atoms with van der Waals surface area (Å²) in [6.07, 6.45) is 0. The Kier molecular flexibility index (Phi) is 4.42. The van der Waals surface area contributed by atoms with Crippen LogP contribution < -0.4 is 10.1 Å². The van der Waals surface area contributed by atoms with Crippen molar-refractivity contribution in [3.63, 3.8) is 0 Å². The van der Waals surface area contributed by atoms with Crippen LogP contribution in [0.25, 0.3) is 0 Å². The zero-order valence-electron chi connectivity index (χ0n) is 9.57. The SMILES string of the molecule is CNCc1ccc(COc2ccc(Cl)cc2)s1. The highest BCUT2D eigenvalue weighted by molar-refractivity contribution is 7.11. The van der Waals surface area contributed by atoms with E-state index in [1.165, 1.54) is 9.75 Å². The highest BCUT2D eigenvalue weighted by Crippen LogP contribution is 2.20. The van der Waals surface area contributed by atoms with Crippen molar-refractivity contribution in [1.82, 2.24) is 5.32 Å². The fraction of sp³-hybridized carbons (Fsp3) is 0.231. The van der Waals surface area contributed by atoms with E-state index in [9.17, 15) is 0 Å². The molecule has 0 amide bonds. The van der Waals surface area contributed by atoms with Gasteiger partial charge in [0.05, 0.1) is 0 Å². The summed E-state index contributed by atoms with van der Waals surface area (Å²) in [5.41, 5.74) is 0. The third-order valence-corrected chi connectivity index (χ3v) is 3.57. The summed E-state index contributed by atoms with van der Waals surface area (Å²) >= 11 is 7.57.